The maximum Gasteiger partial charge on any atom is 0.227 e. The standard InChI is InChI=1S/C13H14N4.C12H13N5O3/c1-17-7-5-10-12(8-17)15-9-16-13(10)11-4-2-3-6-14-11;1-20-9-5-16-12(17(14)3-2-13)11-10(9)7(4-15-11)8(19)6-18/h2-4,6,9H,5,7-8H2,1H3;2-6,15H,13-14H2,1H3/b;3-2-. The fraction of sp³-hybridized carbons (Fsp3) is 0.200. The van der Waals surface area contributed by atoms with Crippen LogP contribution in [-0.4, -0.2) is 62.6 Å². The van der Waals surface area contributed by atoms with Gasteiger partial charge < -0.3 is 20.4 Å². The number of ether oxygens (including phenoxy) is 1. The van der Waals surface area contributed by atoms with Crippen LogP contribution < -0.4 is 21.3 Å². The summed E-state index contributed by atoms with van der Waals surface area (Å²) >= 11 is 0. The third-order valence-electron chi connectivity index (χ3n) is 5.84. The zero-order valence-corrected chi connectivity index (χ0v) is 20.5. The maximum absolute atomic E-state index is 11.6. The predicted octanol–water partition coefficient (Wildman–Crippen LogP) is 1.59. The fourth-order valence-electron chi connectivity index (χ4n) is 4.08. The molecule has 0 fully saturated rings. The Morgan fingerprint density at radius 1 is 1.24 bits per heavy atom. The maximum atomic E-state index is 11.6. The molecule has 0 amide bonds. The number of rotatable bonds is 6. The number of H-pyrrole nitrogens is 1. The van der Waals surface area contributed by atoms with Gasteiger partial charge in [0.1, 0.15) is 12.1 Å². The number of ketones is 1. The molecule has 12 heteroatoms. The van der Waals surface area contributed by atoms with Crippen molar-refractivity contribution in [3.05, 3.63) is 72.3 Å². The van der Waals surface area contributed by atoms with E-state index in [-0.39, 0.29) is 11.8 Å². The van der Waals surface area contributed by atoms with Gasteiger partial charge in [-0.2, -0.15) is 0 Å². The van der Waals surface area contributed by atoms with E-state index in [0.29, 0.717) is 22.5 Å². The van der Waals surface area contributed by atoms with E-state index < -0.39 is 5.78 Å². The van der Waals surface area contributed by atoms with Crippen LogP contribution in [0.3, 0.4) is 0 Å². The molecule has 12 nitrogen and oxygen atoms in total. The van der Waals surface area contributed by atoms with Crippen LogP contribution in [0, 0.1) is 0 Å². The number of nitrogens with zero attached hydrogens (tertiary/aromatic N) is 6. The van der Waals surface area contributed by atoms with Crippen LogP contribution in [0.1, 0.15) is 21.6 Å². The van der Waals surface area contributed by atoms with Crippen molar-refractivity contribution >= 4 is 28.8 Å². The van der Waals surface area contributed by atoms with E-state index in [1.54, 1.807) is 12.5 Å². The van der Waals surface area contributed by atoms with E-state index in [1.807, 2.05) is 18.2 Å². The summed E-state index contributed by atoms with van der Waals surface area (Å²) in [6.45, 7) is 1.96. The van der Waals surface area contributed by atoms with Gasteiger partial charge in [0.2, 0.25) is 5.78 Å². The zero-order valence-electron chi connectivity index (χ0n) is 20.5. The van der Waals surface area contributed by atoms with Crippen molar-refractivity contribution in [3.8, 4) is 17.1 Å². The van der Waals surface area contributed by atoms with Gasteiger partial charge in [-0.15, -0.1) is 0 Å². The molecule has 5 heterocycles. The van der Waals surface area contributed by atoms with E-state index >= 15 is 0 Å². The number of nitrogens with two attached hydrogens (primary N) is 2. The number of methoxy groups -OCH3 is 1. The minimum atomic E-state index is -0.662. The summed E-state index contributed by atoms with van der Waals surface area (Å²) in [6, 6.07) is 5.91. The smallest absolute Gasteiger partial charge is 0.227 e. The largest absolute Gasteiger partial charge is 0.494 e. The van der Waals surface area contributed by atoms with E-state index in [4.69, 9.17) is 16.3 Å². The van der Waals surface area contributed by atoms with Gasteiger partial charge in [0.25, 0.3) is 0 Å². The van der Waals surface area contributed by atoms with Gasteiger partial charge >= 0.3 is 0 Å². The van der Waals surface area contributed by atoms with E-state index in [1.165, 1.54) is 42.5 Å². The number of carbonyl (C=O) groups excluding carboxylic acids is 2. The number of carbonyl (C=O) groups is 2. The van der Waals surface area contributed by atoms with Crippen molar-refractivity contribution in [1.29, 1.82) is 0 Å². The number of hydrogen-bond donors (Lipinski definition) is 3. The Kier molecular flexibility index (Phi) is 7.81. The van der Waals surface area contributed by atoms with Crippen molar-refractivity contribution in [2.24, 2.45) is 11.6 Å². The van der Waals surface area contributed by atoms with Crippen molar-refractivity contribution < 1.29 is 14.3 Å². The van der Waals surface area contributed by atoms with Crippen LogP contribution >= 0.6 is 0 Å². The molecule has 0 spiro atoms. The summed E-state index contributed by atoms with van der Waals surface area (Å²) in [6.07, 6.45) is 10.2. The number of pyridine rings is 2. The Morgan fingerprint density at radius 3 is 2.78 bits per heavy atom. The molecule has 0 aliphatic carbocycles. The van der Waals surface area contributed by atoms with Crippen LogP contribution in [-0.2, 0) is 17.8 Å². The van der Waals surface area contributed by atoms with Crippen LogP contribution in [0.25, 0.3) is 22.3 Å². The van der Waals surface area contributed by atoms with Gasteiger partial charge in [0.05, 0.1) is 46.9 Å². The van der Waals surface area contributed by atoms with Crippen LogP contribution in [0.15, 0.2) is 55.5 Å². The average Bonchev–Trinajstić information content (AvgIpc) is 3.38. The summed E-state index contributed by atoms with van der Waals surface area (Å²) in [5, 5.41) is 1.63. The summed E-state index contributed by atoms with van der Waals surface area (Å²) in [5.41, 5.74) is 10.3. The summed E-state index contributed by atoms with van der Waals surface area (Å²) < 4.78 is 5.16. The molecule has 4 aromatic rings. The number of aldehydes is 1. The molecule has 1 aliphatic rings. The van der Waals surface area contributed by atoms with Gasteiger partial charge in [-0.05, 0) is 25.6 Å². The number of anilines is 1. The Bertz CT molecular complexity index is 1440. The molecule has 5 N–H and O–H groups in total. The molecule has 0 radical (unpaired) electrons. The van der Waals surface area contributed by atoms with Gasteiger partial charge in [0, 0.05) is 43.4 Å². The number of likely N-dealkylation sites (N-methyl/N-ethyl adjacent to an activating group) is 1. The lowest BCUT2D eigenvalue weighted by Crippen LogP contribution is -2.28. The minimum absolute atomic E-state index is 0.195. The van der Waals surface area contributed by atoms with Crippen LogP contribution in [0.2, 0.25) is 0 Å². The number of fused-ring (bicyclic) bond motifs is 2. The number of hydrogen-bond acceptors (Lipinski definition) is 11. The molecule has 37 heavy (non-hydrogen) atoms. The molecule has 0 saturated heterocycles. The van der Waals surface area contributed by atoms with E-state index in [9.17, 15) is 9.59 Å². The molecule has 0 bridgehead atoms. The van der Waals surface area contributed by atoms with E-state index in [0.717, 1.165) is 36.6 Å². The monoisotopic (exact) mass is 501 g/mol. The summed E-state index contributed by atoms with van der Waals surface area (Å²) in [4.78, 5) is 44.7. The second kappa shape index (κ2) is 11.4. The number of aromatic amines is 1. The zero-order chi connectivity index (χ0) is 26.4. The first kappa shape index (κ1) is 25.4. The lowest BCUT2D eigenvalue weighted by molar-refractivity contribution is -0.104. The molecule has 190 valence electrons. The van der Waals surface area contributed by atoms with Gasteiger partial charge in [-0.3, -0.25) is 19.6 Å². The van der Waals surface area contributed by atoms with Crippen molar-refractivity contribution in [1.82, 2.24) is 29.8 Å². The molecule has 0 aromatic carbocycles. The minimum Gasteiger partial charge on any atom is -0.494 e. The summed E-state index contributed by atoms with van der Waals surface area (Å²) in [5.74, 6) is 5.81. The fourth-order valence-corrected chi connectivity index (χ4v) is 4.08. The van der Waals surface area contributed by atoms with Crippen LogP contribution in [0.4, 0.5) is 5.82 Å². The number of nitrogens with one attached hydrogen (secondary N) is 1. The van der Waals surface area contributed by atoms with Crippen molar-refractivity contribution in [2.75, 3.05) is 25.7 Å². The molecule has 0 unspecified atom stereocenters. The highest BCUT2D eigenvalue weighted by atomic mass is 16.5. The number of Topliss-reactive ketones (excluding diaryl/α,β-unsaturated/α-hetero) is 1. The third kappa shape index (κ3) is 5.29. The Morgan fingerprint density at radius 2 is 2.08 bits per heavy atom. The lowest BCUT2D eigenvalue weighted by Gasteiger charge is -2.24. The van der Waals surface area contributed by atoms with E-state index in [2.05, 4.69) is 36.9 Å². The number of aromatic nitrogens is 5. The highest BCUT2D eigenvalue weighted by molar-refractivity contribution is 6.37. The Labute approximate surface area is 213 Å². The second-order valence-electron chi connectivity index (χ2n) is 8.18. The SMILES string of the molecule is CN1CCc2c(ncnc2-c2ccccn2)C1.COc1cnc(N(N)/C=C\N)c2[nH]cc(C(=O)C=O)c12. The summed E-state index contributed by atoms with van der Waals surface area (Å²) in [7, 11) is 3.56. The number of hydrazine groups is 1. The van der Waals surface area contributed by atoms with Crippen molar-refractivity contribution in [3.63, 3.8) is 0 Å². The first-order valence-corrected chi connectivity index (χ1v) is 11.4. The predicted molar refractivity (Wildman–Crippen MR) is 138 cm³/mol. The van der Waals surface area contributed by atoms with Gasteiger partial charge in [0.15, 0.2) is 12.1 Å². The molecule has 0 saturated carbocycles. The second-order valence-corrected chi connectivity index (χ2v) is 8.18. The third-order valence-corrected chi connectivity index (χ3v) is 5.84. The highest BCUT2D eigenvalue weighted by Gasteiger charge is 2.21. The molecule has 4 aromatic heterocycles. The Hall–Kier alpha value is -4.68. The topological polar surface area (TPSA) is 169 Å². The molecular formula is C25H27N9O3. The lowest BCUT2D eigenvalue weighted by atomic mass is 10.0. The van der Waals surface area contributed by atoms with Gasteiger partial charge in [-0.1, -0.05) is 6.07 Å². The quantitative estimate of drug-likeness (QED) is 0.115. The molecule has 0 atom stereocenters. The van der Waals surface area contributed by atoms with Crippen LogP contribution in [0.5, 0.6) is 5.75 Å². The highest BCUT2D eigenvalue weighted by Crippen LogP contribution is 2.33. The molecule has 5 rings (SSSR count). The average molecular weight is 502 g/mol. The Balaban J connectivity index is 0.000000175. The first-order valence-electron chi connectivity index (χ1n) is 11.4. The molecule has 1 aliphatic heterocycles. The first-order chi connectivity index (χ1) is 18.0. The van der Waals surface area contributed by atoms with Gasteiger partial charge in [-0.25, -0.2) is 20.8 Å². The van der Waals surface area contributed by atoms with Crippen molar-refractivity contribution in [2.45, 2.75) is 13.0 Å². The normalized spacial score (nSPS) is 13.1. The molecular weight excluding hydrogens is 474 g/mol.